The minimum absolute atomic E-state index is 0.646. The van der Waals surface area contributed by atoms with Gasteiger partial charge in [-0.15, -0.1) is 11.8 Å². The Morgan fingerprint density at radius 2 is 1.92 bits per heavy atom. The fourth-order valence-electron chi connectivity index (χ4n) is 2.77. The Bertz CT molecular complexity index is 801. The molecule has 6 heteroatoms. The van der Waals surface area contributed by atoms with Gasteiger partial charge in [-0.1, -0.05) is 18.2 Å². The van der Waals surface area contributed by atoms with Crippen molar-refractivity contribution in [3.8, 4) is 11.6 Å². The zero-order valence-corrected chi connectivity index (χ0v) is 14.2. The molecule has 3 aromatic rings. The molecule has 4 rings (SSSR count). The van der Waals surface area contributed by atoms with Crippen LogP contribution in [0, 0.1) is 0 Å². The van der Waals surface area contributed by atoms with Crippen LogP contribution in [0.1, 0.15) is 0 Å². The van der Waals surface area contributed by atoms with E-state index >= 15 is 0 Å². The van der Waals surface area contributed by atoms with Gasteiger partial charge in [0.15, 0.2) is 11.6 Å². The molecule has 0 N–H and O–H groups in total. The molecule has 0 radical (unpaired) electrons. The van der Waals surface area contributed by atoms with Gasteiger partial charge in [0, 0.05) is 30.8 Å². The van der Waals surface area contributed by atoms with Gasteiger partial charge in [-0.05, 0) is 18.2 Å². The fourth-order valence-corrected chi connectivity index (χ4v) is 3.79. The van der Waals surface area contributed by atoms with Crippen molar-refractivity contribution in [1.29, 1.82) is 0 Å². The lowest BCUT2D eigenvalue weighted by molar-refractivity contribution is 0.0410. The number of para-hydroxylation sites is 1. The molecule has 1 aliphatic heterocycles. The third-order valence-corrected chi connectivity index (χ3v) is 5.03. The standard InChI is InChI=1S/C18H19N3O2S/c1-2-5-15-14(4-1)18(20-17(19-15)16-6-3-10-23-16)24-13-9-21-7-11-22-12-8-21/h1-6,10H,7-9,11-13H2. The highest BCUT2D eigenvalue weighted by Gasteiger charge is 2.13. The van der Waals surface area contributed by atoms with E-state index in [-0.39, 0.29) is 0 Å². The molecule has 1 saturated heterocycles. The van der Waals surface area contributed by atoms with Crippen LogP contribution in [0.5, 0.6) is 0 Å². The van der Waals surface area contributed by atoms with E-state index in [0.717, 1.165) is 54.5 Å². The van der Waals surface area contributed by atoms with E-state index in [1.165, 1.54) is 0 Å². The van der Waals surface area contributed by atoms with Gasteiger partial charge in [-0.3, -0.25) is 4.90 Å². The molecule has 24 heavy (non-hydrogen) atoms. The van der Waals surface area contributed by atoms with Crippen LogP contribution in [0.15, 0.2) is 52.1 Å². The maximum Gasteiger partial charge on any atom is 0.197 e. The van der Waals surface area contributed by atoms with E-state index in [0.29, 0.717) is 11.6 Å². The highest BCUT2D eigenvalue weighted by atomic mass is 32.2. The Labute approximate surface area is 145 Å². The van der Waals surface area contributed by atoms with E-state index in [1.807, 2.05) is 30.3 Å². The molecule has 5 nitrogen and oxygen atoms in total. The van der Waals surface area contributed by atoms with Gasteiger partial charge in [0.2, 0.25) is 0 Å². The quantitative estimate of drug-likeness (QED) is 0.524. The summed E-state index contributed by atoms with van der Waals surface area (Å²) < 4.78 is 10.9. The van der Waals surface area contributed by atoms with Gasteiger partial charge < -0.3 is 9.15 Å². The molecule has 0 spiro atoms. The summed E-state index contributed by atoms with van der Waals surface area (Å²) in [6.45, 7) is 4.75. The van der Waals surface area contributed by atoms with Gasteiger partial charge in [-0.2, -0.15) is 0 Å². The molecule has 124 valence electrons. The van der Waals surface area contributed by atoms with Crippen LogP contribution in [0.4, 0.5) is 0 Å². The molecule has 1 aromatic carbocycles. The van der Waals surface area contributed by atoms with Crippen LogP contribution in [0.25, 0.3) is 22.5 Å². The van der Waals surface area contributed by atoms with Gasteiger partial charge in [0.25, 0.3) is 0 Å². The molecular formula is C18H19N3O2S. The highest BCUT2D eigenvalue weighted by Crippen LogP contribution is 2.28. The molecule has 0 atom stereocenters. The predicted octanol–water partition coefficient (Wildman–Crippen LogP) is 3.31. The third-order valence-electron chi connectivity index (χ3n) is 4.06. The summed E-state index contributed by atoms with van der Waals surface area (Å²) in [5.74, 6) is 2.35. The summed E-state index contributed by atoms with van der Waals surface area (Å²) >= 11 is 1.78. The maximum absolute atomic E-state index is 5.47. The van der Waals surface area contributed by atoms with Crippen LogP contribution < -0.4 is 0 Å². The topological polar surface area (TPSA) is 51.4 Å². The summed E-state index contributed by atoms with van der Waals surface area (Å²) in [6, 6.07) is 11.9. The molecule has 1 aliphatic rings. The van der Waals surface area contributed by atoms with E-state index in [4.69, 9.17) is 14.1 Å². The molecular weight excluding hydrogens is 322 g/mol. The number of fused-ring (bicyclic) bond motifs is 1. The first kappa shape index (κ1) is 15.6. The third kappa shape index (κ3) is 3.45. The van der Waals surface area contributed by atoms with E-state index in [9.17, 15) is 0 Å². The first-order valence-electron chi connectivity index (χ1n) is 8.14. The second-order valence-corrected chi connectivity index (χ2v) is 6.73. The zero-order valence-electron chi connectivity index (χ0n) is 13.4. The average Bonchev–Trinajstić information content (AvgIpc) is 3.17. The van der Waals surface area contributed by atoms with Crippen molar-refractivity contribution in [2.45, 2.75) is 5.03 Å². The van der Waals surface area contributed by atoms with Crippen LogP contribution in [-0.2, 0) is 4.74 Å². The van der Waals surface area contributed by atoms with Crippen LogP contribution in [0.2, 0.25) is 0 Å². The molecule has 3 heterocycles. The van der Waals surface area contributed by atoms with Crippen molar-refractivity contribution >= 4 is 22.7 Å². The number of aromatic nitrogens is 2. The number of benzene rings is 1. The van der Waals surface area contributed by atoms with E-state index in [1.54, 1.807) is 18.0 Å². The summed E-state index contributed by atoms with van der Waals surface area (Å²) in [5.41, 5.74) is 0.952. The lowest BCUT2D eigenvalue weighted by Gasteiger charge is -2.26. The molecule has 1 fully saturated rings. The molecule has 0 unspecified atom stereocenters. The number of hydrogen-bond donors (Lipinski definition) is 0. The Kier molecular flexibility index (Phi) is 4.78. The minimum Gasteiger partial charge on any atom is -0.461 e. The lowest BCUT2D eigenvalue weighted by atomic mass is 10.2. The number of furan rings is 1. The van der Waals surface area contributed by atoms with Crippen molar-refractivity contribution in [3.63, 3.8) is 0 Å². The Morgan fingerprint density at radius 3 is 2.75 bits per heavy atom. The molecule has 2 aromatic heterocycles. The summed E-state index contributed by atoms with van der Waals surface area (Å²) in [7, 11) is 0. The van der Waals surface area contributed by atoms with Crippen molar-refractivity contribution in [3.05, 3.63) is 42.7 Å². The van der Waals surface area contributed by atoms with Gasteiger partial charge in [-0.25, -0.2) is 9.97 Å². The van der Waals surface area contributed by atoms with E-state index in [2.05, 4.69) is 16.0 Å². The average molecular weight is 341 g/mol. The van der Waals surface area contributed by atoms with E-state index < -0.39 is 0 Å². The number of hydrogen-bond acceptors (Lipinski definition) is 6. The SMILES string of the molecule is c1coc(-c2nc(SCCN3CCOCC3)c3ccccc3n2)c1. The Hall–Kier alpha value is -1.89. The van der Waals surface area contributed by atoms with Gasteiger partial charge >= 0.3 is 0 Å². The Morgan fingerprint density at radius 1 is 1.04 bits per heavy atom. The van der Waals surface area contributed by atoms with Gasteiger partial charge in [0.1, 0.15) is 5.03 Å². The van der Waals surface area contributed by atoms with Crippen molar-refractivity contribution in [2.75, 3.05) is 38.6 Å². The summed E-state index contributed by atoms with van der Waals surface area (Å²) in [4.78, 5) is 11.8. The maximum atomic E-state index is 5.47. The second-order valence-electron chi connectivity index (χ2n) is 5.65. The minimum atomic E-state index is 0.646. The summed E-state index contributed by atoms with van der Waals surface area (Å²) in [6.07, 6.45) is 1.65. The predicted molar refractivity (Wildman–Crippen MR) is 95.2 cm³/mol. The first-order chi connectivity index (χ1) is 11.9. The fraction of sp³-hybridized carbons (Fsp3) is 0.333. The monoisotopic (exact) mass is 341 g/mol. The smallest absolute Gasteiger partial charge is 0.197 e. The van der Waals surface area contributed by atoms with Gasteiger partial charge in [0.05, 0.1) is 25.0 Å². The molecule has 0 saturated carbocycles. The first-order valence-corrected chi connectivity index (χ1v) is 9.12. The van der Waals surface area contributed by atoms with Crippen LogP contribution in [-0.4, -0.2) is 53.5 Å². The second kappa shape index (κ2) is 7.34. The largest absolute Gasteiger partial charge is 0.461 e. The summed E-state index contributed by atoms with van der Waals surface area (Å²) in [5, 5.41) is 2.11. The number of morpholine rings is 1. The Balaban J connectivity index is 1.56. The highest BCUT2D eigenvalue weighted by molar-refractivity contribution is 7.99. The van der Waals surface area contributed by atoms with Crippen molar-refractivity contribution in [2.24, 2.45) is 0 Å². The number of rotatable bonds is 5. The number of nitrogens with zero attached hydrogens (tertiary/aromatic N) is 3. The van der Waals surface area contributed by atoms with Crippen molar-refractivity contribution in [1.82, 2.24) is 14.9 Å². The molecule has 0 bridgehead atoms. The molecule has 0 amide bonds. The lowest BCUT2D eigenvalue weighted by Crippen LogP contribution is -2.37. The van der Waals surface area contributed by atoms with Crippen molar-refractivity contribution < 1.29 is 9.15 Å². The normalized spacial score (nSPS) is 15.8. The number of ether oxygens (including phenoxy) is 1. The number of thioether (sulfide) groups is 1. The van der Waals surface area contributed by atoms with Crippen LogP contribution >= 0.6 is 11.8 Å². The molecule has 0 aliphatic carbocycles. The zero-order chi connectivity index (χ0) is 16.2. The van der Waals surface area contributed by atoms with Crippen LogP contribution in [0.3, 0.4) is 0 Å².